The first-order valence-corrected chi connectivity index (χ1v) is 4.82. The summed E-state index contributed by atoms with van der Waals surface area (Å²) in [6.07, 6.45) is 0.724. The number of nitrogens with one attached hydrogen (secondary N) is 1. The van der Waals surface area contributed by atoms with Gasteiger partial charge in [0.05, 0.1) is 0 Å². The number of alkyl halides is 2. The van der Waals surface area contributed by atoms with Gasteiger partial charge < -0.3 is 10.2 Å². The lowest BCUT2D eigenvalue weighted by atomic mass is 10.2. The molecule has 1 aliphatic heterocycles. The van der Waals surface area contributed by atoms with Crippen molar-refractivity contribution in [3.05, 3.63) is 0 Å². The normalized spacial score (nSPS) is 24.6. The van der Waals surface area contributed by atoms with Gasteiger partial charge in [0.25, 0.3) is 5.91 Å². The van der Waals surface area contributed by atoms with E-state index in [4.69, 9.17) is 0 Å². The Hall–Kier alpha value is -0.710. The summed E-state index contributed by atoms with van der Waals surface area (Å²) >= 11 is 0. The molecule has 1 aliphatic rings. The van der Waals surface area contributed by atoms with E-state index < -0.39 is 11.8 Å². The van der Waals surface area contributed by atoms with Crippen LogP contribution in [0.4, 0.5) is 8.78 Å². The average Bonchev–Trinajstić information content (AvgIpc) is 2.27. The van der Waals surface area contributed by atoms with Gasteiger partial charge in [0, 0.05) is 32.6 Å². The Morgan fingerprint density at radius 2 is 2.14 bits per heavy atom. The van der Waals surface area contributed by atoms with Gasteiger partial charge in [0.1, 0.15) is 0 Å². The number of carbonyl (C=O) groups is 1. The zero-order valence-corrected chi connectivity index (χ0v) is 8.52. The number of carbonyl (C=O) groups excluding carboxylic acids is 1. The largest absolute Gasteiger partial charge is 0.336 e. The lowest BCUT2D eigenvalue weighted by molar-refractivity contribution is -0.154. The minimum Gasteiger partial charge on any atom is -0.336 e. The molecule has 0 radical (unpaired) electrons. The second kappa shape index (κ2) is 4.21. The summed E-state index contributed by atoms with van der Waals surface area (Å²) < 4.78 is 25.4. The Labute approximate surface area is 82.5 Å². The van der Waals surface area contributed by atoms with E-state index in [-0.39, 0.29) is 0 Å². The van der Waals surface area contributed by atoms with Crippen LogP contribution in [0.25, 0.3) is 0 Å². The van der Waals surface area contributed by atoms with E-state index in [1.54, 1.807) is 0 Å². The first-order valence-electron chi connectivity index (χ1n) is 4.82. The Morgan fingerprint density at radius 3 is 2.71 bits per heavy atom. The Balaban J connectivity index is 2.56. The molecule has 1 fully saturated rings. The maximum atomic E-state index is 12.7. The van der Waals surface area contributed by atoms with Crippen molar-refractivity contribution in [2.45, 2.75) is 32.2 Å². The molecule has 1 heterocycles. The molecule has 5 heteroatoms. The highest BCUT2D eigenvalue weighted by molar-refractivity contribution is 5.83. The van der Waals surface area contributed by atoms with Crippen LogP contribution < -0.4 is 5.32 Å². The third kappa shape index (κ3) is 2.90. The van der Waals surface area contributed by atoms with Gasteiger partial charge in [-0.05, 0) is 13.3 Å². The van der Waals surface area contributed by atoms with Gasteiger partial charge in [-0.15, -0.1) is 0 Å². The molecular weight excluding hydrogens is 190 g/mol. The molecule has 1 atom stereocenters. The van der Waals surface area contributed by atoms with Crippen molar-refractivity contribution < 1.29 is 13.6 Å². The fraction of sp³-hybridized carbons (Fsp3) is 0.889. The van der Waals surface area contributed by atoms with E-state index in [1.165, 1.54) is 4.90 Å². The molecule has 3 nitrogen and oxygen atoms in total. The molecule has 1 N–H and O–H groups in total. The zero-order chi connectivity index (χ0) is 10.8. The molecule has 82 valence electrons. The smallest absolute Gasteiger partial charge is 0.322 e. The van der Waals surface area contributed by atoms with E-state index >= 15 is 0 Å². The maximum absolute atomic E-state index is 12.7. The highest BCUT2D eigenvalue weighted by Gasteiger charge is 2.36. The highest BCUT2D eigenvalue weighted by atomic mass is 19.3. The molecule has 0 saturated carbocycles. The van der Waals surface area contributed by atoms with Crippen LogP contribution in [0, 0.1) is 0 Å². The summed E-state index contributed by atoms with van der Waals surface area (Å²) in [6, 6.07) is 0.290. The van der Waals surface area contributed by atoms with Gasteiger partial charge in [0.2, 0.25) is 0 Å². The lowest BCUT2D eigenvalue weighted by Crippen LogP contribution is -2.43. The van der Waals surface area contributed by atoms with Crippen molar-refractivity contribution in [3.63, 3.8) is 0 Å². The van der Waals surface area contributed by atoms with Crippen LogP contribution in [0.2, 0.25) is 0 Å². The van der Waals surface area contributed by atoms with E-state index in [9.17, 15) is 13.6 Å². The van der Waals surface area contributed by atoms with E-state index in [1.807, 2.05) is 6.92 Å². The fourth-order valence-electron chi connectivity index (χ4n) is 1.49. The number of nitrogens with zero attached hydrogens (tertiary/aromatic N) is 1. The summed E-state index contributed by atoms with van der Waals surface area (Å²) in [5.41, 5.74) is 0. The summed E-state index contributed by atoms with van der Waals surface area (Å²) in [5.74, 6) is -4.30. The summed E-state index contributed by atoms with van der Waals surface area (Å²) in [4.78, 5) is 12.5. The predicted molar refractivity (Wildman–Crippen MR) is 49.3 cm³/mol. The van der Waals surface area contributed by atoms with Crippen LogP contribution in [0.5, 0.6) is 0 Å². The van der Waals surface area contributed by atoms with Gasteiger partial charge in [-0.25, -0.2) is 0 Å². The second-order valence-corrected chi connectivity index (χ2v) is 3.82. The summed E-state index contributed by atoms with van der Waals surface area (Å²) in [6.45, 7) is 4.00. The SMILES string of the molecule is CC1CCN(C(=O)C(C)(F)F)CCN1. The molecular formula is C9H16F2N2O. The minimum atomic E-state index is -3.24. The maximum Gasteiger partial charge on any atom is 0.322 e. The first kappa shape index (κ1) is 11.4. The predicted octanol–water partition coefficient (Wildman–Crippen LogP) is 0.852. The molecule has 1 saturated heterocycles. The Kier molecular flexibility index (Phi) is 3.42. The van der Waals surface area contributed by atoms with Crippen LogP contribution in [0.15, 0.2) is 0 Å². The molecule has 1 rings (SSSR count). The second-order valence-electron chi connectivity index (χ2n) is 3.82. The minimum absolute atomic E-state index is 0.290. The molecule has 0 aliphatic carbocycles. The van der Waals surface area contributed by atoms with Crippen molar-refractivity contribution in [2.24, 2.45) is 0 Å². The molecule has 0 bridgehead atoms. The summed E-state index contributed by atoms with van der Waals surface area (Å²) in [7, 11) is 0. The summed E-state index contributed by atoms with van der Waals surface area (Å²) in [5, 5.41) is 3.14. The van der Waals surface area contributed by atoms with Gasteiger partial charge in [-0.2, -0.15) is 8.78 Å². The number of halogens is 2. The van der Waals surface area contributed by atoms with Crippen molar-refractivity contribution in [2.75, 3.05) is 19.6 Å². The average molecular weight is 206 g/mol. The third-order valence-corrected chi connectivity index (χ3v) is 2.37. The molecule has 0 aromatic carbocycles. The Morgan fingerprint density at radius 1 is 1.50 bits per heavy atom. The van der Waals surface area contributed by atoms with E-state index in [0.717, 1.165) is 6.42 Å². The number of hydrogen-bond donors (Lipinski definition) is 1. The lowest BCUT2D eigenvalue weighted by Gasteiger charge is -2.23. The Bertz CT molecular complexity index is 215. The van der Waals surface area contributed by atoms with Gasteiger partial charge in [-0.1, -0.05) is 0 Å². The molecule has 0 aromatic heterocycles. The van der Waals surface area contributed by atoms with Crippen molar-refractivity contribution >= 4 is 5.91 Å². The molecule has 1 unspecified atom stereocenters. The quantitative estimate of drug-likeness (QED) is 0.690. The number of amides is 1. The first-order chi connectivity index (χ1) is 6.41. The van der Waals surface area contributed by atoms with Gasteiger partial charge in [0.15, 0.2) is 0 Å². The van der Waals surface area contributed by atoms with Crippen LogP contribution in [-0.2, 0) is 4.79 Å². The number of rotatable bonds is 1. The standard InChI is InChI=1S/C9H16F2N2O/c1-7-3-5-13(6-4-12-7)8(14)9(2,10)11/h7,12H,3-6H2,1-2H3. The van der Waals surface area contributed by atoms with Crippen LogP contribution in [0.3, 0.4) is 0 Å². The molecule has 0 aromatic rings. The molecule has 1 amide bonds. The van der Waals surface area contributed by atoms with Gasteiger partial charge in [-0.3, -0.25) is 4.79 Å². The van der Waals surface area contributed by atoms with Crippen molar-refractivity contribution in [3.8, 4) is 0 Å². The van der Waals surface area contributed by atoms with Crippen LogP contribution >= 0.6 is 0 Å². The number of hydrogen-bond acceptors (Lipinski definition) is 2. The van der Waals surface area contributed by atoms with Crippen LogP contribution in [-0.4, -0.2) is 42.4 Å². The monoisotopic (exact) mass is 206 g/mol. The van der Waals surface area contributed by atoms with E-state index in [0.29, 0.717) is 32.6 Å². The molecule has 14 heavy (non-hydrogen) atoms. The van der Waals surface area contributed by atoms with Crippen LogP contribution in [0.1, 0.15) is 20.3 Å². The van der Waals surface area contributed by atoms with Gasteiger partial charge >= 0.3 is 5.92 Å². The topological polar surface area (TPSA) is 32.3 Å². The third-order valence-electron chi connectivity index (χ3n) is 2.37. The van der Waals surface area contributed by atoms with Crippen molar-refractivity contribution in [1.29, 1.82) is 0 Å². The van der Waals surface area contributed by atoms with E-state index in [2.05, 4.69) is 5.32 Å². The van der Waals surface area contributed by atoms with Crippen molar-refractivity contribution in [1.82, 2.24) is 10.2 Å². The molecule has 0 spiro atoms. The highest BCUT2D eigenvalue weighted by Crippen LogP contribution is 2.16. The fourth-order valence-corrected chi connectivity index (χ4v) is 1.49. The zero-order valence-electron chi connectivity index (χ0n) is 8.52.